The average molecular weight is 276 g/mol. The van der Waals surface area contributed by atoms with Crippen molar-refractivity contribution in [2.45, 2.75) is 45.4 Å². The van der Waals surface area contributed by atoms with E-state index in [1.54, 1.807) is 12.1 Å². The lowest BCUT2D eigenvalue weighted by Gasteiger charge is -2.10. The molecule has 1 fully saturated rings. The Morgan fingerprint density at radius 1 is 1.40 bits per heavy atom. The molecule has 0 bridgehead atoms. The number of anilines is 1. The highest BCUT2D eigenvalue weighted by Gasteiger charge is 2.14. The number of nitrogens with two attached hydrogens (primary N) is 1. The van der Waals surface area contributed by atoms with Crippen LogP contribution in [0.5, 0.6) is 0 Å². The first kappa shape index (κ1) is 14.8. The molecule has 1 aliphatic rings. The number of hydrogen-bond donors (Lipinski definition) is 3. The fourth-order valence-electron chi connectivity index (χ4n) is 2.87. The van der Waals surface area contributed by atoms with E-state index in [0.29, 0.717) is 11.4 Å². The van der Waals surface area contributed by atoms with Crippen LogP contribution >= 0.6 is 0 Å². The molecule has 0 radical (unpaired) electrons. The SMILES string of the molecule is Cc1cc(C(=O)NCCCC2CCCC2)cc(NN)n1. The Kier molecular flexibility index (Phi) is 5.35. The number of carbonyl (C=O) groups excluding carboxylic acids is 1. The number of hydrogen-bond acceptors (Lipinski definition) is 4. The maximum Gasteiger partial charge on any atom is 0.251 e. The fourth-order valence-corrected chi connectivity index (χ4v) is 2.87. The third-order valence-electron chi connectivity index (χ3n) is 3.91. The Hall–Kier alpha value is -1.62. The molecule has 0 unspecified atom stereocenters. The van der Waals surface area contributed by atoms with Gasteiger partial charge in [-0.05, 0) is 37.8 Å². The molecule has 5 heteroatoms. The summed E-state index contributed by atoms with van der Waals surface area (Å²) in [6, 6.07) is 3.44. The van der Waals surface area contributed by atoms with Crippen molar-refractivity contribution in [1.82, 2.24) is 10.3 Å². The van der Waals surface area contributed by atoms with E-state index in [1.165, 1.54) is 32.1 Å². The molecule has 1 heterocycles. The van der Waals surface area contributed by atoms with Crippen molar-refractivity contribution >= 4 is 11.7 Å². The van der Waals surface area contributed by atoms with E-state index in [9.17, 15) is 4.79 Å². The number of pyridine rings is 1. The molecular weight excluding hydrogens is 252 g/mol. The number of aryl methyl sites for hydroxylation is 1. The molecule has 1 aromatic heterocycles. The summed E-state index contributed by atoms with van der Waals surface area (Å²) >= 11 is 0. The monoisotopic (exact) mass is 276 g/mol. The first-order chi connectivity index (χ1) is 9.69. The predicted octanol–water partition coefficient (Wildman–Crippen LogP) is 2.38. The lowest BCUT2D eigenvalue weighted by atomic mass is 10.0. The summed E-state index contributed by atoms with van der Waals surface area (Å²) in [7, 11) is 0. The molecule has 1 aromatic rings. The molecule has 20 heavy (non-hydrogen) atoms. The molecule has 2 rings (SSSR count). The Morgan fingerprint density at radius 2 is 2.15 bits per heavy atom. The van der Waals surface area contributed by atoms with Gasteiger partial charge in [0.25, 0.3) is 5.91 Å². The maximum absolute atomic E-state index is 12.1. The van der Waals surface area contributed by atoms with Crippen LogP contribution in [0.1, 0.15) is 54.6 Å². The van der Waals surface area contributed by atoms with Gasteiger partial charge < -0.3 is 10.7 Å². The van der Waals surface area contributed by atoms with Gasteiger partial charge >= 0.3 is 0 Å². The molecule has 1 saturated carbocycles. The Morgan fingerprint density at radius 3 is 2.85 bits per heavy atom. The van der Waals surface area contributed by atoms with E-state index in [1.807, 2.05) is 6.92 Å². The molecule has 0 atom stereocenters. The highest BCUT2D eigenvalue weighted by molar-refractivity contribution is 5.94. The minimum atomic E-state index is -0.0570. The van der Waals surface area contributed by atoms with Crippen LogP contribution in [0.4, 0.5) is 5.82 Å². The first-order valence-corrected chi connectivity index (χ1v) is 7.42. The number of carbonyl (C=O) groups is 1. The van der Waals surface area contributed by atoms with Crippen molar-refractivity contribution in [3.05, 3.63) is 23.4 Å². The molecule has 0 spiro atoms. The van der Waals surface area contributed by atoms with E-state index in [2.05, 4.69) is 15.7 Å². The van der Waals surface area contributed by atoms with Crippen LogP contribution in [0, 0.1) is 12.8 Å². The quantitative estimate of drug-likeness (QED) is 0.423. The number of amides is 1. The second kappa shape index (κ2) is 7.24. The Bertz CT molecular complexity index is 455. The van der Waals surface area contributed by atoms with Gasteiger partial charge in [-0.3, -0.25) is 4.79 Å². The normalized spacial score (nSPS) is 15.3. The smallest absolute Gasteiger partial charge is 0.251 e. The van der Waals surface area contributed by atoms with E-state index in [-0.39, 0.29) is 5.91 Å². The summed E-state index contributed by atoms with van der Waals surface area (Å²) < 4.78 is 0. The van der Waals surface area contributed by atoms with Crippen molar-refractivity contribution < 1.29 is 4.79 Å². The fraction of sp³-hybridized carbons (Fsp3) is 0.600. The summed E-state index contributed by atoms with van der Waals surface area (Å²) in [6.07, 6.45) is 7.77. The van der Waals surface area contributed by atoms with Crippen molar-refractivity contribution in [2.75, 3.05) is 12.0 Å². The van der Waals surface area contributed by atoms with E-state index >= 15 is 0 Å². The van der Waals surface area contributed by atoms with Crippen LogP contribution in [0.3, 0.4) is 0 Å². The number of nitrogen functional groups attached to an aromatic ring is 1. The van der Waals surface area contributed by atoms with E-state index in [0.717, 1.165) is 24.6 Å². The molecular formula is C15H24N4O. The molecule has 0 aromatic carbocycles. The number of rotatable bonds is 6. The summed E-state index contributed by atoms with van der Waals surface area (Å²) in [5, 5.41) is 2.97. The van der Waals surface area contributed by atoms with Gasteiger partial charge in [-0.15, -0.1) is 0 Å². The lowest BCUT2D eigenvalue weighted by molar-refractivity contribution is 0.0952. The summed E-state index contributed by atoms with van der Waals surface area (Å²) in [5.74, 6) is 6.67. The number of hydrazine groups is 1. The molecule has 4 N–H and O–H groups in total. The van der Waals surface area contributed by atoms with Crippen molar-refractivity contribution in [1.29, 1.82) is 0 Å². The van der Waals surface area contributed by atoms with E-state index in [4.69, 9.17) is 5.84 Å². The van der Waals surface area contributed by atoms with Crippen LogP contribution in [-0.2, 0) is 0 Å². The van der Waals surface area contributed by atoms with Crippen LogP contribution in [0.25, 0.3) is 0 Å². The summed E-state index contributed by atoms with van der Waals surface area (Å²) in [6.45, 7) is 2.58. The highest BCUT2D eigenvalue weighted by atomic mass is 16.1. The van der Waals surface area contributed by atoms with Crippen LogP contribution in [0.2, 0.25) is 0 Å². The topological polar surface area (TPSA) is 80.0 Å². The van der Waals surface area contributed by atoms with Gasteiger partial charge in [0.2, 0.25) is 0 Å². The predicted molar refractivity (Wildman–Crippen MR) is 80.3 cm³/mol. The minimum absolute atomic E-state index is 0.0570. The Balaban J connectivity index is 1.77. The van der Waals surface area contributed by atoms with Gasteiger partial charge in [-0.2, -0.15) is 0 Å². The van der Waals surface area contributed by atoms with Crippen LogP contribution in [0.15, 0.2) is 12.1 Å². The molecule has 0 saturated heterocycles. The first-order valence-electron chi connectivity index (χ1n) is 7.42. The number of nitrogens with zero attached hydrogens (tertiary/aromatic N) is 1. The molecule has 0 aliphatic heterocycles. The largest absolute Gasteiger partial charge is 0.352 e. The van der Waals surface area contributed by atoms with Crippen LogP contribution in [-0.4, -0.2) is 17.4 Å². The third-order valence-corrected chi connectivity index (χ3v) is 3.91. The summed E-state index contributed by atoms with van der Waals surface area (Å²) in [4.78, 5) is 16.2. The van der Waals surface area contributed by atoms with Crippen molar-refractivity contribution in [3.63, 3.8) is 0 Å². The zero-order chi connectivity index (χ0) is 14.4. The van der Waals surface area contributed by atoms with Crippen LogP contribution < -0.4 is 16.6 Å². The molecule has 110 valence electrons. The van der Waals surface area contributed by atoms with Crippen molar-refractivity contribution in [2.24, 2.45) is 11.8 Å². The second-order valence-electron chi connectivity index (χ2n) is 5.58. The molecule has 5 nitrogen and oxygen atoms in total. The third kappa shape index (κ3) is 4.20. The van der Waals surface area contributed by atoms with Gasteiger partial charge in [-0.25, -0.2) is 10.8 Å². The second-order valence-corrected chi connectivity index (χ2v) is 5.58. The molecule has 1 aliphatic carbocycles. The van der Waals surface area contributed by atoms with Crippen molar-refractivity contribution in [3.8, 4) is 0 Å². The van der Waals surface area contributed by atoms with Gasteiger partial charge in [0.15, 0.2) is 0 Å². The molecule has 1 amide bonds. The zero-order valence-corrected chi connectivity index (χ0v) is 12.1. The van der Waals surface area contributed by atoms with Gasteiger partial charge in [0.1, 0.15) is 5.82 Å². The maximum atomic E-state index is 12.1. The standard InChI is InChI=1S/C15H24N4O/c1-11-9-13(10-14(18-11)19-16)15(20)17-8-4-7-12-5-2-3-6-12/h9-10,12H,2-8,16H2,1H3,(H,17,20)(H,18,19). The number of nitrogens with one attached hydrogen (secondary N) is 2. The van der Waals surface area contributed by atoms with Gasteiger partial charge in [0.05, 0.1) is 0 Å². The van der Waals surface area contributed by atoms with Gasteiger partial charge in [-0.1, -0.05) is 25.7 Å². The lowest BCUT2D eigenvalue weighted by Crippen LogP contribution is -2.25. The number of aromatic nitrogens is 1. The average Bonchev–Trinajstić information content (AvgIpc) is 2.95. The highest BCUT2D eigenvalue weighted by Crippen LogP contribution is 2.28. The Labute approximate surface area is 120 Å². The van der Waals surface area contributed by atoms with Gasteiger partial charge in [0, 0.05) is 17.8 Å². The zero-order valence-electron chi connectivity index (χ0n) is 12.1. The minimum Gasteiger partial charge on any atom is -0.352 e. The summed E-state index contributed by atoms with van der Waals surface area (Å²) in [5.41, 5.74) is 3.85. The van der Waals surface area contributed by atoms with E-state index < -0.39 is 0 Å².